The van der Waals surface area contributed by atoms with E-state index in [9.17, 15) is 9.59 Å². The van der Waals surface area contributed by atoms with Crippen molar-refractivity contribution in [2.45, 2.75) is 32.3 Å². The number of nitrogens with zero attached hydrogens (tertiary/aromatic N) is 3. The molecule has 158 valence electrons. The van der Waals surface area contributed by atoms with E-state index in [0.29, 0.717) is 13.1 Å². The Labute approximate surface area is 184 Å². The number of pyridine rings is 1. The maximum atomic E-state index is 12.4. The number of carbonyl (C=O) groups excluding carboxylic acids is 2. The van der Waals surface area contributed by atoms with Gasteiger partial charge in [0.2, 0.25) is 5.91 Å². The molecule has 1 saturated heterocycles. The highest BCUT2D eigenvalue weighted by molar-refractivity contribution is 7.15. The van der Waals surface area contributed by atoms with Crippen LogP contribution in [0.5, 0.6) is 0 Å². The van der Waals surface area contributed by atoms with E-state index < -0.39 is 0 Å². The van der Waals surface area contributed by atoms with Crippen molar-refractivity contribution in [1.29, 1.82) is 0 Å². The number of ether oxygens (including phenoxy) is 1. The number of anilines is 1. The maximum Gasteiger partial charge on any atom is 0.414 e. The van der Waals surface area contributed by atoms with E-state index in [-0.39, 0.29) is 18.1 Å². The molecule has 1 aliphatic carbocycles. The van der Waals surface area contributed by atoms with Gasteiger partial charge in [-0.2, -0.15) is 0 Å². The summed E-state index contributed by atoms with van der Waals surface area (Å²) in [6.45, 7) is 2.20. The SMILES string of the molecule is CC(=O)NCC1CN(c2ccc3c(c2)CCCc2sc(-c4ccncc4)nc2-3)C(=O)O1. The van der Waals surface area contributed by atoms with Gasteiger partial charge < -0.3 is 10.1 Å². The molecule has 2 aliphatic rings. The normalized spacial score (nSPS) is 17.5. The summed E-state index contributed by atoms with van der Waals surface area (Å²) in [4.78, 5) is 35.5. The van der Waals surface area contributed by atoms with Crippen LogP contribution >= 0.6 is 11.3 Å². The second kappa shape index (κ2) is 8.11. The smallest absolute Gasteiger partial charge is 0.414 e. The molecular formula is C23H22N4O3S. The largest absolute Gasteiger partial charge is 0.442 e. The second-order valence-electron chi connectivity index (χ2n) is 7.78. The van der Waals surface area contributed by atoms with Crippen molar-refractivity contribution < 1.29 is 14.3 Å². The number of amides is 2. The Morgan fingerprint density at radius 2 is 2.10 bits per heavy atom. The van der Waals surface area contributed by atoms with Crippen molar-refractivity contribution in [2.75, 3.05) is 18.0 Å². The number of hydrogen-bond donors (Lipinski definition) is 1. The van der Waals surface area contributed by atoms with Crippen LogP contribution in [0.25, 0.3) is 21.8 Å². The lowest BCUT2D eigenvalue weighted by Gasteiger charge is -2.16. The van der Waals surface area contributed by atoms with Gasteiger partial charge in [0.05, 0.1) is 18.8 Å². The molecule has 8 heteroatoms. The fourth-order valence-corrected chi connectivity index (χ4v) is 5.19. The Balaban J connectivity index is 1.43. The average molecular weight is 435 g/mol. The first-order valence-electron chi connectivity index (χ1n) is 10.3. The van der Waals surface area contributed by atoms with Crippen LogP contribution in [-0.2, 0) is 22.4 Å². The summed E-state index contributed by atoms with van der Waals surface area (Å²) < 4.78 is 5.41. The molecule has 1 unspecified atom stereocenters. The van der Waals surface area contributed by atoms with E-state index in [1.54, 1.807) is 28.6 Å². The van der Waals surface area contributed by atoms with E-state index in [2.05, 4.69) is 22.4 Å². The average Bonchev–Trinajstić information content (AvgIpc) is 3.32. The second-order valence-corrected chi connectivity index (χ2v) is 8.86. The monoisotopic (exact) mass is 434 g/mol. The highest BCUT2D eigenvalue weighted by Gasteiger charge is 2.33. The molecule has 2 aromatic heterocycles. The molecule has 1 N–H and O–H groups in total. The lowest BCUT2D eigenvalue weighted by Crippen LogP contribution is -2.33. The first-order chi connectivity index (χ1) is 15.1. The minimum Gasteiger partial charge on any atom is -0.442 e. The summed E-state index contributed by atoms with van der Waals surface area (Å²) in [6.07, 6.45) is 5.83. The predicted molar refractivity (Wildman–Crippen MR) is 119 cm³/mol. The van der Waals surface area contributed by atoms with Crippen LogP contribution in [0, 0.1) is 0 Å². The summed E-state index contributed by atoms with van der Waals surface area (Å²) in [5, 5.41) is 3.72. The van der Waals surface area contributed by atoms with E-state index in [1.807, 2.05) is 18.2 Å². The zero-order valence-electron chi connectivity index (χ0n) is 17.1. The number of nitrogens with one attached hydrogen (secondary N) is 1. The molecule has 0 radical (unpaired) electrons. The summed E-state index contributed by atoms with van der Waals surface area (Å²) in [5.74, 6) is -0.135. The molecule has 0 spiro atoms. The summed E-state index contributed by atoms with van der Waals surface area (Å²) in [7, 11) is 0. The van der Waals surface area contributed by atoms with Crippen LogP contribution in [-0.4, -0.2) is 41.2 Å². The molecule has 5 rings (SSSR count). The van der Waals surface area contributed by atoms with Gasteiger partial charge in [-0.15, -0.1) is 11.3 Å². The Morgan fingerprint density at radius 3 is 2.90 bits per heavy atom. The third-order valence-corrected chi connectivity index (χ3v) is 6.75. The fourth-order valence-electron chi connectivity index (χ4n) is 4.07. The number of aryl methyl sites for hydroxylation is 2. The third-order valence-electron chi connectivity index (χ3n) is 5.58. The van der Waals surface area contributed by atoms with Crippen molar-refractivity contribution in [2.24, 2.45) is 0 Å². The topological polar surface area (TPSA) is 84.4 Å². The molecule has 3 aromatic rings. The standard InChI is InChI=1S/C23H22N4O3S/c1-14(28)25-12-18-13-27(23(29)30-18)17-5-6-19-16(11-17)3-2-4-20-21(19)26-22(31-20)15-7-9-24-10-8-15/h5-11,18H,2-4,12-13H2,1H3,(H,25,28). The van der Waals surface area contributed by atoms with Gasteiger partial charge >= 0.3 is 6.09 Å². The van der Waals surface area contributed by atoms with Gasteiger partial charge in [0, 0.05) is 41.0 Å². The van der Waals surface area contributed by atoms with E-state index in [4.69, 9.17) is 9.72 Å². The van der Waals surface area contributed by atoms with Crippen molar-refractivity contribution in [3.8, 4) is 21.8 Å². The van der Waals surface area contributed by atoms with Gasteiger partial charge in [-0.1, -0.05) is 6.07 Å². The summed E-state index contributed by atoms with van der Waals surface area (Å²) in [5.41, 5.74) is 5.28. The molecule has 31 heavy (non-hydrogen) atoms. The van der Waals surface area contributed by atoms with Gasteiger partial charge in [-0.3, -0.25) is 14.7 Å². The molecule has 1 aliphatic heterocycles. The van der Waals surface area contributed by atoms with Crippen LogP contribution in [0.1, 0.15) is 23.8 Å². The Kier molecular flexibility index (Phi) is 5.15. The first kappa shape index (κ1) is 19.7. The number of fused-ring (bicyclic) bond motifs is 3. The summed E-state index contributed by atoms with van der Waals surface area (Å²) in [6, 6.07) is 10.1. The highest BCUT2D eigenvalue weighted by Crippen LogP contribution is 2.40. The van der Waals surface area contributed by atoms with Gasteiger partial charge in [-0.25, -0.2) is 9.78 Å². The van der Waals surface area contributed by atoms with E-state index >= 15 is 0 Å². The predicted octanol–water partition coefficient (Wildman–Crippen LogP) is 3.82. The van der Waals surface area contributed by atoms with E-state index in [1.165, 1.54) is 17.4 Å². The van der Waals surface area contributed by atoms with Gasteiger partial charge in [0.25, 0.3) is 0 Å². The number of thiazole rings is 1. The van der Waals surface area contributed by atoms with Crippen molar-refractivity contribution in [3.05, 3.63) is 53.2 Å². The number of hydrogen-bond acceptors (Lipinski definition) is 6. The molecule has 1 atom stereocenters. The van der Waals surface area contributed by atoms with E-state index in [0.717, 1.165) is 46.8 Å². The van der Waals surface area contributed by atoms with Gasteiger partial charge in [-0.05, 0) is 49.1 Å². The number of benzene rings is 1. The van der Waals surface area contributed by atoms with Crippen LogP contribution in [0.15, 0.2) is 42.7 Å². The van der Waals surface area contributed by atoms with Gasteiger partial charge in [0.1, 0.15) is 11.1 Å². The first-order valence-corrected chi connectivity index (χ1v) is 11.2. The molecule has 0 saturated carbocycles. The molecule has 1 fully saturated rings. The molecule has 3 heterocycles. The lowest BCUT2D eigenvalue weighted by molar-refractivity contribution is -0.119. The molecule has 2 amide bonds. The van der Waals surface area contributed by atoms with Crippen LogP contribution in [0.3, 0.4) is 0 Å². The molecule has 7 nitrogen and oxygen atoms in total. The maximum absolute atomic E-state index is 12.4. The summed E-state index contributed by atoms with van der Waals surface area (Å²) >= 11 is 1.75. The molecule has 0 bridgehead atoms. The number of aromatic nitrogens is 2. The quantitative estimate of drug-likeness (QED) is 0.675. The van der Waals surface area contributed by atoms with Crippen LogP contribution in [0.2, 0.25) is 0 Å². The Bertz CT molecular complexity index is 1140. The number of cyclic esters (lactones) is 1. The fraction of sp³-hybridized carbons (Fsp3) is 0.304. The Hall–Kier alpha value is -3.26. The van der Waals surface area contributed by atoms with Crippen LogP contribution in [0.4, 0.5) is 10.5 Å². The molecule has 1 aromatic carbocycles. The van der Waals surface area contributed by atoms with Crippen molar-refractivity contribution >= 4 is 29.0 Å². The minimum absolute atomic E-state index is 0.135. The minimum atomic E-state index is -0.377. The highest BCUT2D eigenvalue weighted by atomic mass is 32.1. The van der Waals surface area contributed by atoms with Crippen molar-refractivity contribution in [1.82, 2.24) is 15.3 Å². The van der Waals surface area contributed by atoms with Gasteiger partial charge in [0.15, 0.2) is 0 Å². The third kappa shape index (κ3) is 3.90. The zero-order chi connectivity index (χ0) is 21.4. The van der Waals surface area contributed by atoms with Crippen LogP contribution < -0.4 is 10.2 Å². The number of carbonyl (C=O) groups is 2. The number of rotatable bonds is 4. The zero-order valence-corrected chi connectivity index (χ0v) is 17.9. The molecular weight excluding hydrogens is 412 g/mol. The van der Waals surface area contributed by atoms with Crippen molar-refractivity contribution in [3.63, 3.8) is 0 Å². The lowest BCUT2D eigenvalue weighted by atomic mass is 10.0. The Morgan fingerprint density at radius 1 is 1.26 bits per heavy atom.